The average molecular weight is 377 g/mol. The number of aliphatic hydroxyl groups excluding tert-OH is 1. The summed E-state index contributed by atoms with van der Waals surface area (Å²) in [4.78, 5) is 14.8. The fourth-order valence-corrected chi connectivity index (χ4v) is 3.72. The second kappa shape index (κ2) is 7.86. The Hall–Kier alpha value is -3.12. The number of aromatic nitrogens is 2. The van der Waals surface area contributed by atoms with Crippen LogP contribution in [0.4, 0.5) is 0 Å². The zero-order valence-electron chi connectivity index (χ0n) is 15.7. The molecule has 0 spiro atoms. The molecule has 0 saturated carbocycles. The lowest BCUT2D eigenvalue weighted by molar-refractivity contribution is 0.0486. The smallest absolute Gasteiger partial charge is 0.257 e. The Morgan fingerprint density at radius 3 is 2.64 bits per heavy atom. The summed E-state index contributed by atoms with van der Waals surface area (Å²) >= 11 is 0. The molecule has 1 aliphatic rings. The molecule has 6 nitrogen and oxygen atoms in total. The molecule has 2 heterocycles. The summed E-state index contributed by atoms with van der Waals surface area (Å²) in [6.45, 7) is 0.632. The first-order valence-corrected chi connectivity index (χ1v) is 9.40. The van der Waals surface area contributed by atoms with Crippen LogP contribution in [0.3, 0.4) is 0 Å². The lowest BCUT2D eigenvalue weighted by Gasteiger charge is -2.28. The van der Waals surface area contributed by atoms with Crippen LogP contribution in [-0.2, 0) is 0 Å². The third-order valence-electron chi connectivity index (χ3n) is 5.23. The van der Waals surface area contributed by atoms with Crippen LogP contribution in [-0.4, -0.2) is 45.4 Å². The topological polar surface area (TPSA) is 67.6 Å². The lowest BCUT2D eigenvalue weighted by atomic mass is 10.00. The van der Waals surface area contributed by atoms with Gasteiger partial charge in [-0.1, -0.05) is 30.3 Å². The minimum absolute atomic E-state index is 0.0998. The van der Waals surface area contributed by atoms with Crippen molar-refractivity contribution in [1.29, 1.82) is 0 Å². The molecule has 2 aromatic carbocycles. The number of hydrogen-bond donors (Lipinski definition) is 1. The highest BCUT2D eigenvalue weighted by atomic mass is 16.5. The molecule has 2 atom stereocenters. The monoisotopic (exact) mass is 377 g/mol. The molecule has 0 aliphatic carbocycles. The molecule has 0 bridgehead atoms. The fraction of sp³-hybridized carbons (Fsp3) is 0.273. The molecule has 6 heteroatoms. The molecule has 1 fully saturated rings. The quantitative estimate of drug-likeness (QED) is 0.741. The lowest BCUT2D eigenvalue weighted by Crippen LogP contribution is -2.39. The summed E-state index contributed by atoms with van der Waals surface area (Å²) in [5, 5.41) is 15.2. The number of aliphatic hydroxyl groups is 1. The number of carbonyl (C=O) groups is 1. The van der Waals surface area contributed by atoms with Gasteiger partial charge in [0.1, 0.15) is 5.75 Å². The average Bonchev–Trinajstić information content (AvgIpc) is 3.43. The molecule has 28 heavy (non-hydrogen) atoms. The largest absolute Gasteiger partial charge is 0.497 e. The number of amides is 1. The summed E-state index contributed by atoms with van der Waals surface area (Å²) < 4.78 is 6.87. The molecule has 1 aromatic heterocycles. The second-order valence-corrected chi connectivity index (χ2v) is 6.94. The molecular weight excluding hydrogens is 354 g/mol. The van der Waals surface area contributed by atoms with Crippen molar-refractivity contribution in [2.75, 3.05) is 13.7 Å². The first-order chi connectivity index (χ1) is 13.7. The number of para-hydroxylation sites is 1. The van der Waals surface area contributed by atoms with Crippen molar-refractivity contribution in [1.82, 2.24) is 14.7 Å². The van der Waals surface area contributed by atoms with Gasteiger partial charge in [-0.2, -0.15) is 5.10 Å². The van der Waals surface area contributed by atoms with Gasteiger partial charge < -0.3 is 14.7 Å². The Labute approximate surface area is 164 Å². The highest BCUT2D eigenvalue weighted by Crippen LogP contribution is 2.31. The van der Waals surface area contributed by atoms with E-state index in [4.69, 9.17) is 4.74 Å². The van der Waals surface area contributed by atoms with Gasteiger partial charge in [0.15, 0.2) is 0 Å². The van der Waals surface area contributed by atoms with Crippen molar-refractivity contribution in [3.63, 3.8) is 0 Å². The Kier molecular flexibility index (Phi) is 5.12. The third kappa shape index (κ3) is 3.51. The minimum Gasteiger partial charge on any atom is -0.497 e. The summed E-state index contributed by atoms with van der Waals surface area (Å²) in [6.07, 6.45) is 4.24. The first kappa shape index (κ1) is 18.3. The number of benzene rings is 2. The van der Waals surface area contributed by atoms with Gasteiger partial charge in [-0.05, 0) is 42.7 Å². The van der Waals surface area contributed by atoms with Crippen molar-refractivity contribution >= 4 is 5.91 Å². The van der Waals surface area contributed by atoms with E-state index >= 15 is 0 Å². The van der Waals surface area contributed by atoms with Crippen LogP contribution in [0.25, 0.3) is 5.69 Å². The number of rotatable bonds is 5. The zero-order chi connectivity index (χ0) is 19.5. The predicted octanol–water partition coefficient (Wildman–Crippen LogP) is 3.22. The predicted molar refractivity (Wildman–Crippen MR) is 106 cm³/mol. The standard InChI is InChI=1S/C22H23N3O3/c1-28-19-11-9-16(10-12-19)21(26)20-8-5-13-24(20)22(27)17-14-23-25(15-17)18-6-3-2-4-7-18/h2-4,6-7,9-12,14-15,20-21,26H,5,8,13H2,1H3/t20-,21-/m0/s1. The van der Waals surface area contributed by atoms with E-state index < -0.39 is 6.10 Å². The summed E-state index contributed by atoms with van der Waals surface area (Å²) in [7, 11) is 1.61. The van der Waals surface area contributed by atoms with Gasteiger partial charge in [0, 0.05) is 12.7 Å². The first-order valence-electron chi connectivity index (χ1n) is 9.40. The number of ether oxygens (including phenoxy) is 1. The van der Waals surface area contributed by atoms with Crippen molar-refractivity contribution in [3.8, 4) is 11.4 Å². The van der Waals surface area contributed by atoms with Crippen molar-refractivity contribution in [3.05, 3.63) is 78.1 Å². The molecule has 3 aromatic rings. The molecule has 1 aliphatic heterocycles. The molecular formula is C22H23N3O3. The fourth-order valence-electron chi connectivity index (χ4n) is 3.72. The van der Waals surface area contributed by atoms with Crippen molar-refractivity contribution < 1.29 is 14.6 Å². The van der Waals surface area contributed by atoms with Crippen LogP contribution >= 0.6 is 0 Å². The van der Waals surface area contributed by atoms with E-state index in [0.29, 0.717) is 12.1 Å². The molecule has 1 amide bonds. The molecule has 144 valence electrons. The summed E-state index contributed by atoms with van der Waals surface area (Å²) in [5.74, 6) is 0.640. The van der Waals surface area contributed by atoms with Gasteiger partial charge in [-0.3, -0.25) is 4.79 Å². The van der Waals surface area contributed by atoms with Crippen LogP contribution in [0.2, 0.25) is 0 Å². The van der Waals surface area contributed by atoms with Crippen LogP contribution in [0.1, 0.15) is 34.9 Å². The Morgan fingerprint density at radius 1 is 1.18 bits per heavy atom. The maximum absolute atomic E-state index is 13.1. The molecule has 4 rings (SSSR count). The van der Waals surface area contributed by atoms with Gasteiger partial charge in [0.2, 0.25) is 0 Å². The number of carbonyl (C=O) groups excluding carboxylic acids is 1. The summed E-state index contributed by atoms with van der Waals surface area (Å²) in [5.41, 5.74) is 2.21. The van der Waals surface area contributed by atoms with Gasteiger partial charge in [0.05, 0.1) is 36.7 Å². The van der Waals surface area contributed by atoms with E-state index in [1.807, 2.05) is 54.6 Å². The van der Waals surface area contributed by atoms with Crippen molar-refractivity contribution in [2.24, 2.45) is 0 Å². The Balaban J connectivity index is 1.52. The number of likely N-dealkylation sites (tertiary alicyclic amines) is 1. The van der Waals surface area contributed by atoms with Crippen LogP contribution in [0.5, 0.6) is 5.75 Å². The Morgan fingerprint density at radius 2 is 1.93 bits per heavy atom. The van der Waals surface area contributed by atoms with E-state index in [1.54, 1.807) is 29.1 Å². The summed E-state index contributed by atoms with van der Waals surface area (Å²) in [6, 6.07) is 16.8. The van der Waals surface area contributed by atoms with Gasteiger partial charge in [0.25, 0.3) is 5.91 Å². The number of hydrogen-bond acceptors (Lipinski definition) is 4. The third-order valence-corrected chi connectivity index (χ3v) is 5.23. The van der Waals surface area contributed by atoms with Crippen LogP contribution < -0.4 is 4.74 Å². The highest BCUT2D eigenvalue weighted by Gasteiger charge is 2.35. The van der Waals surface area contributed by atoms with Gasteiger partial charge in [-0.15, -0.1) is 0 Å². The van der Waals surface area contributed by atoms with E-state index in [-0.39, 0.29) is 11.9 Å². The molecule has 1 saturated heterocycles. The maximum atomic E-state index is 13.1. The molecule has 0 unspecified atom stereocenters. The molecule has 1 N–H and O–H groups in total. The Bertz CT molecular complexity index is 937. The van der Waals surface area contributed by atoms with Crippen LogP contribution in [0.15, 0.2) is 67.0 Å². The SMILES string of the molecule is COc1ccc([C@H](O)[C@@H]2CCCN2C(=O)c2cnn(-c3ccccc3)c2)cc1. The molecule has 0 radical (unpaired) electrons. The highest BCUT2D eigenvalue weighted by molar-refractivity contribution is 5.94. The van der Waals surface area contributed by atoms with E-state index in [0.717, 1.165) is 29.8 Å². The maximum Gasteiger partial charge on any atom is 0.257 e. The van der Waals surface area contributed by atoms with Crippen LogP contribution in [0, 0.1) is 0 Å². The van der Waals surface area contributed by atoms with E-state index in [2.05, 4.69) is 5.10 Å². The number of nitrogens with zero attached hydrogens (tertiary/aromatic N) is 3. The zero-order valence-corrected chi connectivity index (χ0v) is 15.7. The van der Waals surface area contributed by atoms with E-state index in [1.165, 1.54) is 0 Å². The van der Waals surface area contributed by atoms with Crippen molar-refractivity contribution in [2.45, 2.75) is 25.0 Å². The normalized spacial score (nSPS) is 17.5. The van der Waals surface area contributed by atoms with E-state index in [9.17, 15) is 9.90 Å². The minimum atomic E-state index is -0.735. The second-order valence-electron chi connectivity index (χ2n) is 6.94. The number of methoxy groups -OCH3 is 1. The van der Waals surface area contributed by atoms with Gasteiger partial charge in [-0.25, -0.2) is 4.68 Å². The van der Waals surface area contributed by atoms with Gasteiger partial charge >= 0.3 is 0 Å².